The topological polar surface area (TPSA) is 119 Å². The molecule has 0 saturated heterocycles. The maximum Gasteiger partial charge on any atom is 0.273 e. The van der Waals surface area contributed by atoms with E-state index in [4.69, 9.17) is 4.74 Å². The van der Waals surface area contributed by atoms with E-state index in [0.717, 1.165) is 18.2 Å². The summed E-state index contributed by atoms with van der Waals surface area (Å²) in [5.74, 6) is -0.783. The van der Waals surface area contributed by atoms with E-state index in [2.05, 4.69) is 4.72 Å². The van der Waals surface area contributed by atoms with Crippen molar-refractivity contribution >= 4 is 21.4 Å². The number of hydrogen-bond acceptors (Lipinski definition) is 6. The van der Waals surface area contributed by atoms with Gasteiger partial charge in [0.15, 0.2) is 0 Å². The van der Waals surface area contributed by atoms with Gasteiger partial charge >= 0.3 is 0 Å². The van der Waals surface area contributed by atoms with Gasteiger partial charge in [0.1, 0.15) is 5.75 Å². The van der Waals surface area contributed by atoms with E-state index in [1.165, 1.54) is 0 Å². The molecule has 1 aromatic rings. The fourth-order valence-electron chi connectivity index (χ4n) is 1.33. The Morgan fingerprint density at radius 2 is 2.10 bits per heavy atom. The summed E-state index contributed by atoms with van der Waals surface area (Å²) in [7, 11) is -3.69. The normalized spacial score (nSPS) is 11.6. The van der Waals surface area contributed by atoms with E-state index in [0.29, 0.717) is 0 Å². The van der Waals surface area contributed by atoms with Gasteiger partial charge in [0, 0.05) is 6.07 Å². The molecule has 20 heavy (non-hydrogen) atoms. The molecular weight excluding hydrogens is 288 g/mol. The van der Waals surface area contributed by atoms with Crippen molar-refractivity contribution in [2.75, 3.05) is 17.1 Å². The highest BCUT2D eigenvalue weighted by Gasteiger charge is 2.16. The molecule has 0 fully saturated rings. The van der Waals surface area contributed by atoms with Crippen molar-refractivity contribution in [2.24, 2.45) is 0 Å². The van der Waals surface area contributed by atoms with E-state index >= 15 is 0 Å². The number of nitrogens with zero attached hydrogens (tertiary/aromatic N) is 1. The number of hydrogen-bond donors (Lipinski definition) is 2. The number of benzene rings is 1. The number of anilines is 1. The fraction of sp³-hybridized carbons (Fsp3) is 0.455. The molecule has 0 amide bonds. The molecule has 0 bridgehead atoms. The van der Waals surface area contributed by atoms with Crippen LogP contribution in [0.4, 0.5) is 11.4 Å². The lowest BCUT2D eigenvalue weighted by Crippen LogP contribution is -2.21. The number of non-ortho nitro benzene ring substituents is 1. The molecule has 9 heteroatoms. The number of nitro benzene ring substituents is 1. The van der Waals surface area contributed by atoms with Crippen LogP contribution in [0.15, 0.2) is 18.2 Å². The summed E-state index contributed by atoms with van der Waals surface area (Å²) in [5.41, 5.74) is -0.436. The van der Waals surface area contributed by atoms with Crippen LogP contribution in [0, 0.1) is 10.1 Å². The molecule has 0 heterocycles. The van der Waals surface area contributed by atoms with Crippen molar-refractivity contribution in [1.82, 2.24) is 0 Å². The third-order valence-corrected chi connectivity index (χ3v) is 3.50. The molecule has 0 aliphatic rings. The van der Waals surface area contributed by atoms with E-state index in [9.17, 15) is 23.6 Å². The number of nitro groups is 1. The number of phenolic OH excluding ortho intramolecular Hbond substituents is 1. The quantitative estimate of drug-likeness (QED) is 0.447. The first-order valence-corrected chi connectivity index (χ1v) is 7.46. The second-order valence-corrected chi connectivity index (χ2v) is 6.14. The van der Waals surface area contributed by atoms with Crippen molar-refractivity contribution in [3.8, 4) is 5.75 Å². The Morgan fingerprint density at radius 3 is 2.60 bits per heavy atom. The second kappa shape index (κ2) is 6.53. The van der Waals surface area contributed by atoms with Crippen molar-refractivity contribution in [3.05, 3.63) is 28.3 Å². The molecule has 0 saturated carbocycles. The lowest BCUT2D eigenvalue weighted by molar-refractivity contribution is -0.384. The lowest BCUT2D eigenvalue weighted by Gasteiger charge is -2.11. The highest BCUT2D eigenvalue weighted by Crippen LogP contribution is 2.28. The number of aromatic hydroxyl groups is 1. The molecule has 1 aromatic carbocycles. The SMILES string of the molecule is CC(C)OCCS(=O)(=O)Nc1ccc([N+](=O)[O-])cc1O. The van der Waals surface area contributed by atoms with Crippen molar-refractivity contribution in [3.63, 3.8) is 0 Å². The molecule has 0 radical (unpaired) electrons. The van der Waals surface area contributed by atoms with E-state index in [1.54, 1.807) is 13.8 Å². The van der Waals surface area contributed by atoms with Crippen LogP contribution < -0.4 is 4.72 Å². The third kappa shape index (κ3) is 5.02. The second-order valence-electron chi connectivity index (χ2n) is 4.30. The third-order valence-electron chi connectivity index (χ3n) is 2.26. The van der Waals surface area contributed by atoms with Crippen LogP contribution in [-0.4, -0.2) is 36.9 Å². The zero-order valence-corrected chi connectivity index (χ0v) is 11.9. The highest BCUT2D eigenvalue weighted by atomic mass is 32.2. The first-order chi connectivity index (χ1) is 9.21. The first-order valence-electron chi connectivity index (χ1n) is 5.81. The van der Waals surface area contributed by atoms with Gasteiger partial charge in [0.05, 0.1) is 35.1 Å². The largest absolute Gasteiger partial charge is 0.505 e. The number of rotatable bonds is 7. The molecule has 0 aliphatic heterocycles. The summed E-state index contributed by atoms with van der Waals surface area (Å²) in [4.78, 5) is 9.81. The zero-order valence-electron chi connectivity index (χ0n) is 11.1. The smallest absolute Gasteiger partial charge is 0.273 e. The van der Waals surface area contributed by atoms with Crippen LogP contribution in [-0.2, 0) is 14.8 Å². The molecule has 1 rings (SSSR count). The van der Waals surface area contributed by atoms with Crippen LogP contribution in [0.1, 0.15) is 13.8 Å². The van der Waals surface area contributed by atoms with Gasteiger partial charge in [-0.2, -0.15) is 0 Å². The molecule has 0 unspecified atom stereocenters. The van der Waals surface area contributed by atoms with Gasteiger partial charge in [-0.15, -0.1) is 0 Å². The standard InChI is InChI=1S/C11H16N2O6S/c1-8(2)19-5-6-20(17,18)12-10-4-3-9(13(15)16)7-11(10)14/h3-4,7-8,12,14H,5-6H2,1-2H3. The van der Waals surface area contributed by atoms with Gasteiger partial charge in [0.25, 0.3) is 5.69 Å². The zero-order chi connectivity index (χ0) is 15.3. The van der Waals surface area contributed by atoms with Gasteiger partial charge in [0.2, 0.25) is 10.0 Å². The number of phenols is 1. The van der Waals surface area contributed by atoms with Crippen LogP contribution >= 0.6 is 0 Å². The molecule has 0 aliphatic carbocycles. The first kappa shape index (κ1) is 16.2. The van der Waals surface area contributed by atoms with Crippen LogP contribution in [0.5, 0.6) is 5.75 Å². The maximum absolute atomic E-state index is 11.7. The van der Waals surface area contributed by atoms with Gasteiger partial charge in [-0.05, 0) is 19.9 Å². The van der Waals surface area contributed by atoms with Crippen molar-refractivity contribution < 1.29 is 23.2 Å². The summed E-state index contributed by atoms with van der Waals surface area (Å²) in [6.45, 7) is 3.57. The van der Waals surface area contributed by atoms with E-state index < -0.39 is 20.7 Å². The Morgan fingerprint density at radius 1 is 1.45 bits per heavy atom. The summed E-state index contributed by atoms with van der Waals surface area (Å²) in [6, 6.07) is 3.11. The number of sulfonamides is 1. The Kier molecular flexibility index (Phi) is 5.28. The Balaban J connectivity index is 2.75. The van der Waals surface area contributed by atoms with Gasteiger partial charge in [-0.25, -0.2) is 8.42 Å². The van der Waals surface area contributed by atoms with Gasteiger partial charge in [-0.3, -0.25) is 14.8 Å². The van der Waals surface area contributed by atoms with Crippen LogP contribution in [0.3, 0.4) is 0 Å². The molecule has 0 spiro atoms. The monoisotopic (exact) mass is 304 g/mol. The molecule has 8 nitrogen and oxygen atoms in total. The molecule has 112 valence electrons. The predicted octanol–water partition coefficient (Wildman–Crippen LogP) is 1.47. The Bertz CT molecular complexity index is 585. The predicted molar refractivity (Wildman–Crippen MR) is 73.3 cm³/mol. The molecular formula is C11H16N2O6S. The minimum absolute atomic E-state index is 0.0146. The minimum atomic E-state index is -3.69. The number of nitrogens with one attached hydrogen (secondary N) is 1. The van der Waals surface area contributed by atoms with Gasteiger partial charge in [-0.1, -0.05) is 0 Å². The van der Waals surface area contributed by atoms with Gasteiger partial charge < -0.3 is 9.84 Å². The maximum atomic E-state index is 11.7. The molecule has 2 N–H and O–H groups in total. The minimum Gasteiger partial charge on any atom is -0.505 e. The fourth-order valence-corrected chi connectivity index (χ4v) is 2.26. The number of ether oxygens (including phenoxy) is 1. The average molecular weight is 304 g/mol. The Labute approximate surface area is 116 Å². The lowest BCUT2D eigenvalue weighted by atomic mass is 10.3. The van der Waals surface area contributed by atoms with Crippen LogP contribution in [0.25, 0.3) is 0 Å². The Hall–Kier alpha value is -1.87. The highest BCUT2D eigenvalue weighted by molar-refractivity contribution is 7.92. The van der Waals surface area contributed by atoms with Crippen LogP contribution in [0.2, 0.25) is 0 Å². The molecule has 0 atom stereocenters. The summed E-state index contributed by atoms with van der Waals surface area (Å²) < 4.78 is 30.7. The van der Waals surface area contributed by atoms with Crippen molar-refractivity contribution in [2.45, 2.75) is 20.0 Å². The molecule has 0 aromatic heterocycles. The summed E-state index contributed by atoms with van der Waals surface area (Å²) >= 11 is 0. The van der Waals surface area contributed by atoms with E-state index in [-0.39, 0.29) is 29.8 Å². The summed E-state index contributed by atoms with van der Waals surface area (Å²) in [6.07, 6.45) is -0.0852. The van der Waals surface area contributed by atoms with Crippen molar-refractivity contribution in [1.29, 1.82) is 0 Å². The average Bonchev–Trinajstić information content (AvgIpc) is 2.30. The van der Waals surface area contributed by atoms with E-state index in [1.807, 2.05) is 0 Å². The summed E-state index contributed by atoms with van der Waals surface area (Å²) in [5, 5.41) is 20.0.